The van der Waals surface area contributed by atoms with Crippen LogP contribution in [0, 0.1) is 0 Å². The van der Waals surface area contributed by atoms with Gasteiger partial charge in [-0.2, -0.15) is 0 Å². The second-order valence-electron chi connectivity index (χ2n) is 6.32. The maximum absolute atomic E-state index is 11.0. The van der Waals surface area contributed by atoms with Crippen LogP contribution in [0.3, 0.4) is 0 Å². The van der Waals surface area contributed by atoms with E-state index in [2.05, 4.69) is 48.5 Å². The van der Waals surface area contributed by atoms with Crippen LogP contribution in [0.25, 0.3) is 54.6 Å². The first-order valence-electron chi connectivity index (χ1n) is 7.87. The van der Waals surface area contributed by atoms with Crippen molar-refractivity contribution in [3.05, 3.63) is 66.7 Å². The summed E-state index contributed by atoms with van der Waals surface area (Å²) in [6.07, 6.45) is 0. The van der Waals surface area contributed by atoms with Crippen molar-refractivity contribution in [2.45, 2.75) is 0 Å². The molecule has 0 unspecified atom stereocenters. The molecule has 6 rings (SSSR count). The van der Waals surface area contributed by atoms with Crippen molar-refractivity contribution < 1.29 is 5.11 Å². The molecule has 1 aliphatic rings. The first kappa shape index (κ1) is 11.5. The molecule has 1 aliphatic carbocycles. The number of aromatic hydroxyl groups is 1. The Bertz CT molecular complexity index is 1260. The van der Waals surface area contributed by atoms with Gasteiger partial charge in [0.05, 0.1) is 0 Å². The van der Waals surface area contributed by atoms with Gasteiger partial charge in [-0.05, 0) is 32.8 Å². The van der Waals surface area contributed by atoms with Crippen LogP contribution in [0.4, 0.5) is 0 Å². The van der Waals surface area contributed by atoms with Crippen LogP contribution >= 0.6 is 0 Å². The fourth-order valence-electron chi connectivity index (χ4n) is 4.33. The van der Waals surface area contributed by atoms with Crippen molar-refractivity contribution in [1.29, 1.82) is 0 Å². The number of hydrogen-bond acceptors (Lipinski definition) is 1. The second-order valence-corrected chi connectivity index (χ2v) is 6.32. The fourth-order valence-corrected chi connectivity index (χ4v) is 4.33. The average molecular weight is 292 g/mol. The van der Waals surface area contributed by atoms with Crippen LogP contribution in [-0.4, -0.2) is 5.11 Å². The molecule has 5 aromatic carbocycles. The lowest BCUT2D eigenvalue weighted by atomic mass is 9.90. The molecule has 0 fully saturated rings. The van der Waals surface area contributed by atoms with E-state index in [0.29, 0.717) is 5.75 Å². The lowest BCUT2D eigenvalue weighted by Gasteiger charge is -2.14. The topological polar surface area (TPSA) is 20.2 Å². The Labute approximate surface area is 132 Å². The minimum absolute atomic E-state index is 0.410. The third kappa shape index (κ3) is 1.18. The van der Waals surface area contributed by atoms with Gasteiger partial charge in [0, 0.05) is 21.7 Å². The molecule has 0 amide bonds. The van der Waals surface area contributed by atoms with Crippen molar-refractivity contribution in [1.82, 2.24) is 0 Å². The van der Waals surface area contributed by atoms with Crippen LogP contribution in [-0.2, 0) is 0 Å². The summed E-state index contributed by atoms with van der Waals surface area (Å²) in [6.45, 7) is 0. The summed E-state index contributed by atoms with van der Waals surface area (Å²) in [6, 6.07) is 23.3. The van der Waals surface area contributed by atoms with E-state index in [9.17, 15) is 5.11 Å². The molecule has 1 nitrogen and oxygen atoms in total. The SMILES string of the molecule is Oc1c2c3c(ccc4ccc5cccc1c5c43)-c1ccccc1-2. The van der Waals surface area contributed by atoms with E-state index in [0.717, 1.165) is 16.5 Å². The Morgan fingerprint density at radius 1 is 0.522 bits per heavy atom. The number of phenolic OH excluding ortho intramolecular Hbond substituents is 1. The summed E-state index contributed by atoms with van der Waals surface area (Å²) in [5.74, 6) is 0.410. The van der Waals surface area contributed by atoms with E-state index in [1.807, 2.05) is 18.2 Å². The summed E-state index contributed by atoms with van der Waals surface area (Å²) >= 11 is 0. The lowest BCUT2D eigenvalue weighted by Crippen LogP contribution is -1.86. The Morgan fingerprint density at radius 2 is 1.26 bits per heavy atom. The van der Waals surface area contributed by atoms with Gasteiger partial charge in [-0.1, -0.05) is 66.7 Å². The Balaban J connectivity index is 2.06. The van der Waals surface area contributed by atoms with Crippen LogP contribution in [0.5, 0.6) is 5.75 Å². The number of phenols is 1. The third-order valence-corrected chi connectivity index (χ3v) is 5.26. The Morgan fingerprint density at radius 3 is 2.13 bits per heavy atom. The summed E-state index contributed by atoms with van der Waals surface area (Å²) in [5.41, 5.74) is 4.58. The quantitative estimate of drug-likeness (QED) is 0.344. The maximum Gasteiger partial charge on any atom is 0.131 e. The van der Waals surface area contributed by atoms with Gasteiger partial charge < -0.3 is 5.11 Å². The highest BCUT2D eigenvalue weighted by Crippen LogP contribution is 2.55. The van der Waals surface area contributed by atoms with Gasteiger partial charge in [-0.25, -0.2) is 0 Å². The highest BCUT2D eigenvalue weighted by molar-refractivity contribution is 6.33. The predicted molar refractivity (Wildman–Crippen MR) is 96.2 cm³/mol. The molecule has 5 aromatic rings. The molecular weight excluding hydrogens is 280 g/mol. The maximum atomic E-state index is 11.0. The van der Waals surface area contributed by atoms with Gasteiger partial charge in [0.1, 0.15) is 5.75 Å². The number of benzene rings is 5. The van der Waals surface area contributed by atoms with Crippen LogP contribution < -0.4 is 0 Å². The zero-order valence-electron chi connectivity index (χ0n) is 12.3. The van der Waals surface area contributed by atoms with E-state index in [1.165, 1.54) is 38.1 Å². The molecule has 0 saturated carbocycles. The van der Waals surface area contributed by atoms with Gasteiger partial charge in [0.2, 0.25) is 0 Å². The molecule has 1 N–H and O–H groups in total. The zero-order chi connectivity index (χ0) is 15.1. The molecule has 0 radical (unpaired) electrons. The van der Waals surface area contributed by atoms with Gasteiger partial charge >= 0.3 is 0 Å². The van der Waals surface area contributed by atoms with Gasteiger partial charge in [-0.15, -0.1) is 0 Å². The summed E-state index contributed by atoms with van der Waals surface area (Å²) < 4.78 is 0. The highest BCUT2D eigenvalue weighted by Gasteiger charge is 2.27. The smallest absolute Gasteiger partial charge is 0.131 e. The van der Waals surface area contributed by atoms with Crippen LogP contribution in [0.2, 0.25) is 0 Å². The van der Waals surface area contributed by atoms with Crippen molar-refractivity contribution in [3.8, 4) is 28.0 Å². The van der Waals surface area contributed by atoms with Crippen LogP contribution in [0.15, 0.2) is 66.7 Å². The number of rotatable bonds is 0. The summed E-state index contributed by atoms with van der Waals surface area (Å²) in [7, 11) is 0. The molecule has 106 valence electrons. The number of fused-ring (bicyclic) bond motifs is 3. The number of hydrogen-bond donors (Lipinski definition) is 1. The summed E-state index contributed by atoms with van der Waals surface area (Å²) in [4.78, 5) is 0. The van der Waals surface area contributed by atoms with Gasteiger partial charge in [0.15, 0.2) is 0 Å². The van der Waals surface area contributed by atoms with Crippen molar-refractivity contribution >= 4 is 32.3 Å². The minimum Gasteiger partial charge on any atom is -0.507 e. The molecule has 0 aromatic heterocycles. The van der Waals surface area contributed by atoms with Crippen molar-refractivity contribution in [3.63, 3.8) is 0 Å². The van der Waals surface area contributed by atoms with E-state index < -0.39 is 0 Å². The van der Waals surface area contributed by atoms with E-state index in [1.54, 1.807) is 0 Å². The molecule has 0 spiro atoms. The molecule has 0 saturated heterocycles. The molecule has 1 heteroatoms. The first-order valence-corrected chi connectivity index (χ1v) is 7.87. The second kappa shape index (κ2) is 3.64. The molecule has 23 heavy (non-hydrogen) atoms. The highest BCUT2D eigenvalue weighted by atomic mass is 16.3. The average Bonchev–Trinajstić information content (AvgIpc) is 2.94. The Hall–Kier alpha value is -3.06. The van der Waals surface area contributed by atoms with E-state index in [4.69, 9.17) is 0 Å². The minimum atomic E-state index is 0.410. The summed E-state index contributed by atoms with van der Waals surface area (Å²) in [5, 5.41) is 18.1. The zero-order valence-corrected chi connectivity index (χ0v) is 12.3. The standard InChI is InChI=1S/C22H12O/c23-22-17-7-3-4-12-8-9-13-10-11-16-14-5-1-2-6-15(14)21(22)20(16)19(13)18(12)17/h1-11,23H. The Kier molecular flexibility index (Phi) is 1.82. The molecule has 0 aliphatic heterocycles. The molecule has 0 bridgehead atoms. The largest absolute Gasteiger partial charge is 0.507 e. The fraction of sp³-hybridized carbons (Fsp3) is 0. The van der Waals surface area contributed by atoms with Crippen LogP contribution in [0.1, 0.15) is 0 Å². The van der Waals surface area contributed by atoms with Gasteiger partial charge in [0.25, 0.3) is 0 Å². The first-order chi connectivity index (χ1) is 11.3. The normalized spacial score (nSPS) is 12.5. The van der Waals surface area contributed by atoms with E-state index in [-0.39, 0.29) is 0 Å². The molecular formula is C22H12O. The van der Waals surface area contributed by atoms with Gasteiger partial charge in [-0.3, -0.25) is 0 Å². The molecule has 0 heterocycles. The van der Waals surface area contributed by atoms with E-state index >= 15 is 0 Å². The van der Waals surface area contributed by atoms with Crippen molar-refractivity contribution in [2.75, 3.05) is 0 Å². The third-order valence-electron chi connectivity index (χ3n) is 5.26. The monoisotopic (exact) mass is 292 g/mol. The predicted octanol–water partition coefficient (Wildman–Crippen LogP) is 5.94. The molecule has 0 atom stereocenters. The lowest BCUT2D eigenvalue weighted by molar-refractivity contribution is 0.484. The van der Waals surface area contributed by atoms with Crippen molar-refractivity contribution in [2.24, 2.45) is 0 Å².